The highest BCUT2D eigenvalue weighted by molar-refractivity contribution is 5.55. The molecule has 0 bridgehead atoms. The highest BCUT2D eigenvalue weighted by Gasteiger charge is 1.92. The summed E-state index contributed by atoms with van der Waals surface area (Å²) in [5, 5.41) is 10.9. The molecule has 3 heteroatoms. The molecule has 1 rings (SSSR count). The smallest absolute Gasteiger partial charge is 0.119 e. The monoisotopic (exact) mass is 97.0 g/mol. The number of hydrogen-bond donors (Lipinski definition) is 0. The Morgan fingerprint density at radius 3 is 2.86 bits per heavy atom. The molecule has 1 aliphatic heterocycles. The van der Waals surface area contributed by atoms with E-state index in [4.69, 9.17) is 0 Å². The highest BCUT2D eigenvalue weighted by atomic mass is 16.5. The van der Waals surface area contributed by atoms with Gasteiger partial charge < -0.3 is 0 Å². The Morgan fingerprint density at radius 1 is 1.71 bits per heavy atom. The van der Waals surface area contributed by atoms with Crippen LogP contribution >= 0.6 is 0 Å². The van der Waals surface area contributed by atoms with E-state index in [1.54, 1.807) is 12.3 Å². The first-order valence-corrected chi connectivity index (χ1v) is 2.01. The van der Waals surface area contributed by atoms with Gasteiger partial charge in [-0.15, -0.1) is 0 Å². The third-order valence-corrected chi connectivity index (χ3v) is 0.672. The molecule has 0 amide bonds. The van der Waals surface area contributed by atoms with Crippen LogP contribution in [-0.4, -0.2) is 17.9 Å². The predicted molar refractivity (Wildman–Crippen MR) is 25.0 cm³/mol. The maximum Gasteiger partial charge on any atom is 0.119 e. The zero-order chi connectivity index (χ0) is 5.11. The van der Waals surface area contributed by atoms with Crippen molar-refractivity contribution in [1.29, 1.82) is 0 Å². The summed E-state index contributed by atoms with van der Waals surface area (Å²) in [4.78, 5) is 3.57. The predicted octanol–water partition coefficient (Wildman–Crippen LogP) is 0.190. The van der Waals surface area contributed by atoms with E-state index in [-0.39, 0.29) is 0 Å². The SMILES string of the molecule is [O]N1C=NC=CC1. The lowest BCUT2D eigenvalue weighted by Gasteiger charge is -2.04. The van der Waals surface area contributed by atoms with E-state index in [0.717, 1.165) is 5.06 Å². The zero-order valence-electron chi connectivity index (χ0n) is 3.74. The molecule has 0 fully saturated rings. The molecule has 0 aromatic rings. The van der Waals surface area contributed by atoms with Gasteiger partial charge in [0, 0.05) is 6.20 Å². The summed E-state index contributed by atoms with van der Waals surface area (Å²) < 4.78 is 0. The number of aliphatic imine (C=N–C) groups is 1. The molecule has 1 aliphatic rings. The average Bonchev–Trinajstić information content (AvgIpc) is 1.69. The van der Waals surface area contributed by atoms with Gasteiger partial charge >= 0.3 is 0 Å². The number of hydroxylamine groups is 2. The van der Waals surface area contributed by atoms with Gasteiger partial charge in [-0.25, -0.2) is 10.1 Å². The highest BCUT2D eigenvalue weighted by Crippen LogP contribution is 1.86. The van der Waals surface area contributed by atoms with E-state index in [1.165, 1.54) is 6.34 Å². The number of rotatable bonds is 0. The maximum atomic E-state index is 10.2. The van der Waals surface area contributed by atoms with Gasteiger partial charge in [0.05, 0.1) is 6.54 Å². The van der Waals surface area contributed by atoms with Gasteiger partial charge in [0.15, 0.2) is 0 Å². The minimum atomic E-state index is 0.434. The Bertz CT molecular complexity index is 108. The lowest BCUT2D eigenvalue weighted by Crippen LogP contribution is -2.16. The maximum absolute atomic E-state index is 10.2. The molecule has 0 aromatic carbocycles. The van der Waals surface area contributed by atoms with Crippen LogP contribution in [0.3, 0.4) is 0 Å². The fourth-order valence-corrected chi connectivity index (χ4v) is 0.372. The second-order valence-electron chi connectivity index (χ2n) is 1.25. The first kappa shape index (κ1) is 4.33. The lowest BCUT2D eigenvalue weighted by molar-refractivity contribution is -0.0752. The Labute approximate surface area is 41.5 Å². The van der Waals surface area contributed by atoms with Crippen molar-refractivity contribution in [2.24, 2.45) is 4.99 Å². The number of nitrogens with zero attached hydrogens (tertiary/aromatic N) is 2. The van der Waals surface area contributed by atoms with Gasteiger partial charge in [0.25, 0.3) is 0 Å². The fraction of sp³-hybridized carbons (Fsp3) is 0.250. The van der Waals surface area contributed by atoms with E-state index in [0.29, 0.717) is 6.54 Å². The van der Waals surface area contributed by atoms with Crippen LogP contribution in [0.5, 0.6) is 0 Å². The quantitative estimate of drug-likeness (QED) is 0.425. The van der Waals surface area contributed by atoms with Gasteiger partial charge in [-0.05, 0) is 6.08 Å². The molecule has 0 saturated heterocycles. The first-order valence-electron chi connectivity index (χ1n) is 2.01. The molecule has 0 aliphatic carbocycles. The summed E-state index contributed by atoms with van der Waals surface area (Å²) in [6.45, 7) is 0.434. The molecule has 7 heavy (non-hydrogen) atoms. The molecule has 3 nitrogen and oxygen atoms in total. The molecule has 0 unspecified atom stereocenters. The molecule has 1 radical (unpaired) electrons. The zero-order valence-corrected chi connectivity index (χ0v) is 3.74. The Balaban J connectivity index is 2.49. The van der Waals surface area contributed by atoms with Crippen LogP contribution < -0.4 is 0 Å². The summed E-state index contributed by atoms with van der Waals surface area (Å²) in [6, 6.07) is 0. The van der Waals surface area contributed by atoms with Crippen molar-refractivity contribution >= 4 is 6.34 Å². The van der Waals surface area contributed by atoms with Gasteiger partial charge in [-0.3, -0.25) is 0 Å². The minimum absolute atomic E-state index is 0.434. The molecular formula is C4H5N2O. The van der Waals surface area contributed by atoms with Crippen molar-refractivity contribution in [3.05, 3.63) is 12.3 Å². The molecule has 0 saturated carbocycles. The van der Waals surface area contributed by atoms with Crippen LogP contribution in [0.4, 0.5) is 0 Å². The van der Waals surface area contributed by atoms with Crippen LogP contribution in [0, 0.1) is 0 Å². The molecule has 0 N–H and O–H groups in total. The Kier molecular flexibility index (Phi) is 1.08. The molecule has 37 valence electrons. The van der Waals surface area contributed by atoms with Gasteiger partial charge in [-0.1, -0.05) is 5.21 Å². The molecule has 0 spiro atoms. The second kappa shape index (κ2) is 1.75. The standard InChI is InChI=1S/C4H5N2O/c7-6-3-1-2-5-4-6/h1-2,4H,3H2. The third kappa shape index (κ3) is 1.01. The normalized spacial score (nSPS) is 18.1. The van der Waals surface area contributed by atoms with Crippen LogP contribution in [0.15, 0.2) is 17.3 Å². The van der Waals surface area contributed by atoms with Crippen molar-refractivity contribution in [1.82, 2.24) is 5.06 Å². The topological polar surface area (TPSA) is 35.5 Å². The van der Waals surface area contributed by atoms with Crippen molar-refractivity contribution in [3.8, 4) is 0 Å². The van der Waals surface area contributed by atoms with E-state index in [2.05, 4.69) is 4.99 Å². The van der Waals surface area contributed by atoms with E-state index in [1.807, 2.05) is 0 Å². The van der Waals surface area contributed by atoms with E-state index in [9.17, 15) is 5.21 Å². The molecule has 0 aromatic heterocycles. The van der Waals surface area contributed by atoms with Crippen LogP contribution in [0.1, 0.15) is 0 Å². The number of hydrogen-bond acceptors (Lipinski definition) is 2. The Hall–Kier alpha value is -0.830. The van der Waals surface area contributed by atoms with E-state index >= 15 is 0 Å². The third-order valence-electron chi connectivity index (χ3n) is 0.672. The van der Waals surface area contributed by atoms with Crippen molar-refractivity contribution in [2.45, 2.75) is 0 Å². The summed E-state index contributed by atoms with van der Waals surface area (Å²) in [5.74, 6) is 0. The van der Waals surface area contributed by atoms with Gasteiger partial charge in [0.1, 0.15) is 6.34 Å². The Morgan fingerprint density at radius 2 is 2.57 bits per heavy atom. The van der Waals surface area contributed by atoms with Crippen molar-refractivity contribution < 1.29 is 5.21 Å². The van der Waals surface area contributed by atoms with Crippen LogP contribution in [0.25, 0.3) is 0 Å². The van der Waals surface area contributed by atoms with Crippen molar-refractivity contribution in [3.63, 3.8) is 0 Å². The van der Waals surface area contributed by atoms with Crippen molar-refractivity contribution in [2.75, 3.05) is 6.54 Å². The fourth-order valence-electron chi connectivity index (χ4n) is 0.372. The van der Waals surface area contributed by atoms with E-state index < -0.39 is 0 Å². The molecular weight excluding hydrogens is 92.1 g/mol. The van der Waals surface area contributed by atoms with Gasteiger partial charge in [0.2, 0.25) is 0 Å². The summed E-state index contributed by atoms with van der Waals surface area (Å²) in [7, 11) is 0. The summed E-state index contributed by atoms with van der Waals surface area (Å²) in [5.41, 5.74) is 0. The van der Waals surface area contributed by atoms with Crippen LogP contribution in [0.2, 0.25) is 0 Å². The molecule has 0 atom stereocenters. The van der Waals surface area contributed by atoms with Crippen LogP contribution in [-0.2, 0) is 5.21 Å². The largest absolute Gasteiger partial charge is 0.245 e. The second-order valence-corrected chi connectivity index (χ2v) is 1.25. The first-order chi connectivity index (χ1) is 3.39. The summed E-state index contributed by atoms with van der Waals surface area (Å²) >= 11 is 0. The lowest BCUT2D eigenvalue weighted by atomic mass is 10.6. The minimum Gasteiger partial charge on any atom is -0.245 e. The summed E-state index contributed by atoms with van der Waals surface area (Å²) in [6.07, 6.45) is 4.56. The average molecular weight is 97.1 g/mol. The molecule has 1 heterocycles. The van der Waals surface area contributed by atoms with Gasteiger partial charge in [-0.2, -0.15) is 0 Å².